The van der Waals surface area contributed by atoms with Gasteiger partial charge in [-0.3, -0.25) is 23.7 Å². The first kappa shape index (κ1) is 26.3. The van der Waals surface area contributed by atoms with Gasteiger partial charge in [0.1, 0.15) is 18.2 Å². The van der Waals surface area contributed by atoms with E-state index in [0.29, 0.717) is 10.1 Å². The first-order valence-corrected chi connectivity index (χ1v) is 11.2. The van der Waals surface area contributed by atoms with Crippen molar-refractivity contribution in [2.24, 2.45) is 5.11 Å². The summed E-state index contributed by atoms with van der Waals surface area (Å²) >= 11 is 0. The van der Waals surface area contributed by atoms with Gasteiger partial charge in [-0.15, -0.1) is 4.83 Å². The average molecular weight is 512 g/mol. The van der Waals surface area contributed by atoms with E-state index < -0.39 is 62.2 Å². The highest BCUT2D eigenvalue weighted by molar-refractivity contribution is 7.36. The first-order valence-electron chi connectivity index (χ1n) is 9.93. The Hall–Kier alpha value is -3.33. The van der Waals surface area contributed by atoms with Crippen LogP contribution in [-0.4, -0.2) is 71.5 Å². The lowest BCUT2D eigenvalue weighted by Gasteiger charge is -2.28. The Morgan fingerprint density at radius 3 is 2.63 bits per heavy atom. The minimum atomic E-state index is -3.72. The SMILES string of the molecule is [N-]=[N+]=N[C@]1(CO[PH](=O)N(O)C(Cc2ccccc2)C(=O)O)O[C@@H](n2ccc(=O)[nH]c2=O)[C@H](O)[C@@H]1O. The van der Waals surface area contributed by atoms with Crippen molar-refractivity contribution in [1.29, 1.82) is 0 Å². The Kier molecular flexibility index (Phi) is 8.22. The number of H-pyrrole nitrogens is 1. The fourth-order valence-corrected chi connectivity index (χ4v) is 4.32. The molecule has 35 heavy (non-hydrogen) atoms. The van der Waals surface area contributed by atoms with Gasteiger partial charge in [0.25, 0.3) is 13.7 Å². The van der Waals surface area contributed by atoms with Crippen molar-refractivity contribution >= 4 is 14.1 Å². The molecule has 0 bridgehead atoms. The predicted octanol–water partition coefficient (Wildman–Crippen LogP) is -0.413. The maximum atomic E-state index is 12.6. The number of hydroxylamine groups is 1. The van der Waals surface area contributed by atoms with E-state index in [0.717, 1.165) is 12.3 Å². The summed E-state index contributed by atoms with van der Waals surface area (Å²) in [5.41, 5.74) is 5.30. The molecule has 0 aliphatic carbocycles. The van der Waals surface area contributed by atoms with Crippen LogP contribution in [0, 0.1) is 0 Å². The van der Waals surface area contributed by atoms with Crippen LogP contribution in [-0.2, 0) is 25.0 Å². The molecule has 2 heterocycles. The van der Waals surface area contributed by atoms with Crippen LogP contribution in [0.2, 0.25) is 0 Å². The summed E-state index contributed by atoms with van der Waals surface area (Å²) < 4.78 is 23.7. The number of rotatable bonds is 10. The number of aromatic nitrogens is 2. The van der Waals surface area contributed by atoms with E-state index >= 15 is 0 Å². The van der Waals surface area contributed by atoms with Crippen molar-refractivity contribution in [3.8, 4) is 0 Å². The van der Waals surface area contributed by atoms with E-state index in [1.54, 1.807) is 30.3 Å². The number of carboxylic acids is 1. The lowest BCUT2D eigenvalue weighted by Crippen LogP contribution is -2.45. The molecule has 0 spiro atoms. The molecule has 0 saturated carbocycles. The van der Waals surface area contributed by atoms with Crippen molar-refractivity contribution < 1.29 is 39.1 Å². The zero-order valence-corrected chi connectivity index (χ0v) is 18.7. The molecule has 1 aromatic heterocycles. The molecule has 2 aromatic rings. The van der Waals surface area contributed by atoms with Gasteiger partial charge in [0, 0.05) is 23.6 Å². The van der Waals surface area contributed by atoms with Crippen LogP contribution >= 0.6 is 8.18 Å². The van der Waals surface area contributed by atoms with Crippen molar-refractivity contribution in [3.63, 3.8) is 0 Å². The molecule has 5 N–H and O–H groups in total. The van der Waals surface area contributed by atoms with E-state index in [2.05, 4.69) is 10.0 Å². The third kappa shape index (κ3) is 5.67. The molecular weight excluding hydrogens is 491 g/mol. The highest BCUT2D eigenvalue weighted by Crippen LogP contribution is 2.41. The molecule has 1 saturated heterocycles. The van der Waals surface area contributed by atoms with Crippen molar-refractivity contribution in [3.05, 3.63) is 79.4 Å². The number of aromatic amines is 1. The number of ether oxygens (including phenoxy) is 1. The van der Waals surface area contributed by atoms with Gasteiger partial charge in [-0.2, -0.15) is 0 Å². The molecular formula is C18H21N6O10P. The van der Waals surface area contributed by atoms with Gasteiger partial charge in [-0.25, -0.2) is 4.79 Å². The summed E-state index contributed by atoms with van der Waals surface area (Å²) in [5.74, 6) is -1.51. The molecule has 17 heteroatoms. The quantitative estimate of drug-likeness (QED) is 0.0900. The van der Waals surface area contributed by atoms with E-state index in [1.165, 1.54) is 0 Å². The number of nitrogens with one attached hydrogen (secondary N) is 1. The van der Waals surface area contributed by atoms with Gasteiger partial charge < -0.3 is 29.8 Å². The fourth-order valence-electron chi connectivity index (χ4n) is 3.40. The van der Waals surface area contributed by atoms with Crippen LogP contribution in [0.15, 0.2) is 57.3 Å². The molecule has 3 rings (SSSR count). The Bertz CT molecular complexity index is 1250. The van der Waals surface area contributed by atoms with E-state index in [-0.39, 0.29) is 11.3 Å². The van der Waals surface area contributed by atoms with Crippen molar-refractivity contribution in [1.82, 2.24) is 14.4 Å². The number of benzene rings is 1. The average Bonchev–Trinajstić information content (AvgIpc) is 3.06. The van der Waals surface area contributed by atoms with E-state index in [1.807, 2.05) is 4.98 Å². The highest BCUT2D eigenvalue weighted by atomic mass is 31.1. The van der Waals surface area contributed by atoms with Crippen LogP contribution < -0.4 is 11.2 Å². The number of carboxylic acid groups (broad SMARTS) is 1. The Morgan fingerprint density at radius 1 is 1.34 bits per heavy atom. The molecule has 0 amide bonds. The maximum Gasteiger partial charge on any atom is 0.330 e. The summed E-state index contributed by atoms with van der Waals surface area (Å²) in [6, 6.07) is 7.46. The van der Waals surface area contributed by atoms with Crippen molar-refractivity contribution in [2.45, 2.75) is 36.6 Å². The molecule has 6 atom stereocenters. The summed E-state index contributed by atoms with van der Waals surface area (Å²) in [6.07, 6.45) is -4.80. The number of nitrogens with zero attached hydrogens (tertiary/aromatic N) is 5. The molecule has 2 unspecified atom stereocenters. The Morgan fingerprint density at radius 2 is 2.03 bits per heavy atom. The van der Waals surface area contributed by atoms with E-state index in [9.17, 15) is 39.5 Å². The predicted molar refractivity (Wildman–Crippen MR) is 115 cm³/mol. The largest absolute Gasteiger partial charge is 0.480 e. The second kappa shape index (κ2) is 10.9. The molecule has 1 aromatic carbocycles. The minimum Gasteiger partial charge on any atom is -0.480 e. The molecule has 0 radical (unpaired) electrons. The van der Waals surface area contributed by atoms with Crippen LogP contribution in [0.5, 0.6) is 0 Å². The highest BCUT2D eigenvalue weighted by Gasteiger charge is 2.55. The number of hydrogen-bond donors (Lipinski definition) is 5. The maximum absolute atomic E-state index is 12.6. The summed E-state index contributed by atoms with van der Waals surface area (Å²) in [4.78, 5) is 39.4. The van der Waals surface area contributed by atoms with Crippen LogP contribution in [0.25, 0.3) is 10.4 Å². The van der Waals surface area contributed by atoms with Gasteiger partial charge in [0.05, 0.1) is 6.61 Å². The number of azide groups is 1. The molecule has 1 aliphatic rings. The van der Waals surface area contributed by atoms with Gasteiger partial charge >= 0.3 is 11.7 Å². The number of aliphatic hydroxyl groups excluding tert-OH is 2. The van der Waals surface area contributed by atoms with Crippen LogP contribution in [0.3, 0.4) is 0 Å². The van der Waals surface area contributed by atoms with Crippen LogP contribution in [0.1, 0.15) is 11.8 Å². The minimum absolute atomic E-state index is 0.00847. The summed E-state index contributed by atoms with van der Waals surface area (Å²) in [7, 11) is -3.72. The molecule has 1 fully saturated rings. The van der Waals surface area contributed by atoms with Gasteiger partial charge in [0.2, 0.25) is 5.72 Å². The second-order valence-electron chi connectivity index (χ2n) is 7.44. The van der Waals surface area contributed by atoms with Gasteiger partial charge in [0.15, 0.2) is 6.23 Å². The number of carbonyl (C=O) groups is 1. The number of aliphatic hydroxyl groups is 2. The molecule has 1 aliphatic heterocycles. The molecule has 188 valence electrons. The third-order valence-corrected chi connectivity index (χ3v) is 6.26. The summed E-state index contributed by atoms with van der Waals surface area (Å²) in [6.45, 7) is -1.00. The topological polar surface area (TPSA) is 240 Å². The smallest absolute Gasteiger partial charge is 0.330 e. The van der Waals surface area contributed by atoms with Crippen LogP contribution in [0.4, 0.5) is 0 Å². The Labute approximate surface area is 196 Å². The second-order valence-corrected chi connectivity index (χ2v) is 8.72. The van der Waals surface area contributed by atoms with Gasteiger partial charge in [-0.05, 0) is 11.1 Å². The van der Waals surface area contributed by atoms with Crippen molar-refractivity contribution in [2.75, 3.05) is 6.61 Å². The lowest BCUT2D eigenvalue weighted by atomic mass is 10.1. The van der Waals surface area contributed by atoms with Gasteiger partial charge in [-0.1, -0.05) is 35.4 Å². The third-order valence-electron chi connectivity index (χ3n) is 5.18. The Balaban J connectivity index is 1.79. The normalized spacial score (nSPS) is 25.7. The molecule has 16 nitrogen and oxygen atoms in total. The zero-order chi connectivity index (χ0) is 25.8. The number of aliphatic carboxylic acids is 1. The fraction of sp³-hybridized carbons (Fsp3) is 0.389. The summed E-state index contributed by atoms with van der Waals surface area (Å²) in [5, 5.41) is 43.9. The first-order chi connectivity index (χ1) is 16.6. The standard InChI is InChI=1S/C18H21N6O10P/c19-22-21-18(14(27)13(26)15(34-18)23-7-6-12(25)20-17(23)30)9-33-35(32)24(31)11(16(28)29)8-10-4-2-1-3-5-10/h1-7,11,13-15,26-27,31,35H,8-9H2,(H,28,29)(H,20,25,30)/t11?,13-,14+,15-,18-/m1/s1. The number of hydrogen-bond acceptors (Lipinski definition) is 10. The lowest BCUT2D eigenvalue weighted by molar-refractivity contribution is -0.153. The zero-order valence-electron chi connectivity index (χ0n) is 17.7. The van der Waals surface area contributed by atoms with E-state index in [4.69, 9.17) is 14.8 Å². The monoisotopic (exact) mass is 512 g/mol.